The highest BCUT2D eigenvalue weighted by Crippen LogP contribution is 2.45. The van der Waals surface area contributed by atoms with E-state index in [1.54, 1.807) is 0 Å². The monoisotopic (exact) mass is 318 g/mol. The number of carbonyl (C=O) groups excluding carboxylic acids is 1. The molecule has 1 spiro atoms. The van der Waals surface area contributed by atoms with Crippen molar-refractivity contribution in [3.8, 4) is 0 Å². The van der Waals surface area contributed by atoms with Gasteiger partial charge in [-0.25, -0.2) is 0 Å². The molecule has 3 aliphatic heterocycles. The average molecular weight is 318 g/mol. The number of hydrogen-bond acceptors (Lipinski definition) is 4. The molecule has 0 unspecified atom stereocenters. The minimum absolute atomic E-state index is 0.194. The zero-order valence-corrected chi connectivity index (χ0v) is 14.3. The van der Waals surface area contributed by atoms with Gasteiger partial charge >= 0.3 is 0 Å². The molecule has 23 heavy (non-hydrogen) atoms. The first-order chi connectivity index (χ1) is 11.1. The Morgan fingerprint density at radius 1 is 1.35 bits per heavy atom. The Morgan fingerprint density at radius 3 is 2.91 bits per heavy atom. The molecule has 126 valence electrons. The summed E-state index contributed by atoms with van der Waals surface area (Å²) in [5.41, 5.74) is 3.32. The quantitative estimate of drug-likeness (QED) is 0.846. The maximum atomic E-state index is 12.4. The van der Waals surface area contributed by atoms with Gasteiger partial charge < -0.3 is 9.64 Å². The van der Waals surface area contributed by atoms with E-state index >= 15 is 0 Å². The van der Waals surface area contributed by atoms with Gasteiger partial charge in [0.05, 0.1) is 18.3 Å². The van der Waals surface area contributed by atoms with Crippen LogP contribution in [-0.2, 0) is 22.6 Å². The van der Waals surface area contributed by atoms with Crippen LogP contribution in [0.15, 0.2) is 0 Å². The third-order valence-electron chi connectivity index (χ3n) is 5.91. The van der Waals surface area contributed by atoms with Gasteiger partial charge in [0, 0.05) is 50.3 Å². The van der Waals surface area contributed by atoms with E-state index in [2.05, 4.69) is 35.5 Å². The summed E-state index contributed by atoms with van der Waals surface area (Å²) >= 11 is 0. The summed E-state index contributed by atoms with van der Waals surface area (Å²) in [6, 6.07) is 0.194. The van der Waals surface area contributed by atoms with Gasteiger partial charge in [0.1, 0.15) is 0 Å². The first kappa shape index (κ1) is 15.1. The molecule has 0 aliphatic carbocycles. The number of nitrogens with zero attached hydrogens (tertiary/aromatic N) is 4. The normalized spacial score (nSPS) is 30.8. The Hall–Kier alpha value is -1.40. The van der Waals surface area contributed by atoms with Crippen LogP contribution in [0.5, 0.6) is 0 Å². The van der Waals surface area contributed by atoms with Crippen molar-refractivity contribution in [1.82, 2.24) is 19.6 Å². The van der Waals surface area contributed by atoms with Crippen molar-refractivity contribution < 1.29 is 9.53 Å². The second-order valence-corrected chi connectivity index (χ2v) is 7.00. The molecule has 0 N–H and O–H groups in total. The molecule has 4 heterocycles. The molecule has 1 aromatic heterocycles. The lowest BCUT2D eigenvalue weighted by atomic mass is 10.0. The third kappa shape index (κ3) is 2.08. The van der Waals surface area contributed by atoms with Crippen molar-refractivity contribution in [3.63, 3.8) is 0 Å². The summed E-state index contributed by atoms with van der Waals surface area (Å²) in [5.74, 6) is 0.261. The predicted octanol–water partition coefficient (Wildman–Crippen LogP) is 1.44. The second-order valence-electron chi connectivity index (χ2n) is 7.00. The standard InChI is InChI=1S/C17H26N4O2/c1-4-21-13(3)14(12(2)18-21)11-19-8-6-17-15(19)10-16(22)20(17)7-5-9-23-17/h15H,4-11H2,1-3H3/t15-,17+/m1/s1. The first-order valence-corrected chi connectivity index (χ1v) is 8.78. The number of hydrogen-bond donors (Lipinski definition) is 0. The molecular formula is C17H26N4O2. The van der Waals surface area contributed by atoms with Crippen LogP contribution in [0.25, 0.3) is 0 Å². The van der Waals surface area contributed by atoms with Crippen molar-refractivity contribution in [2.75, 3.05) is 19.7 Å². The zero-order valence-electron chi connectivity index (χ0n) is 14.3. The Labute approximate surface area is 137 Å². The number of amides is 1. The Kier molecular flexibility index (Phi) is 3.50. The lowest BCUT2D eigenvalue weighted by Crippen LogP contribution is -2.56. The summed E-state index contributed by atoms with van der Waals surface area (Å²) in [7, 11) is 0. The van der Waals surface area contributed by atoms with Gasteiger partial charge in [0.25, 0.3) is 0 Å². The number of likely N-dealkylation sites (tertiary alicyclic amines) is 1. The first-order valence-electron chi connectivity index (χ1n) is 8.78. The lowest BCUT2D eigenvalue weighted by Gasteiger charge is -2.42. The van der Waals surface area contributed by atoms with Crippen LogP contribution in [0.2, 0.25) is 0 Å². The fourth-order valence-electron chi connectivity index (χ4n) is 4.70. The molecular weight excluding hydrogens is 292 g/mol. The van der Waals surface area contributed by atoms with E-state index in [-0.39, 0.29) is 17.7 Å². The fourth-order valence-corrected chi connectivity index (χ4v) is 4.70. The van der Waals surface area contributed by atoms with Crippen molar-refractivity contribution in [1.29, 1.82) is 0 Å². The molecule has 6 nitrogen and oxygen atoms in total. The van der Waals surface area contributed by atoms with Crippen molar-refractivity contribution in [2.45, 2.75) is 64.9 Å². The van der Waals surface area contributed by atoms with Gasteiger partial charge in [-0.2, -0.15) is 5.10 Å². The second kappa shape index (κ2) is 5.31. The van der Waals surface area contributed by atoms with Crippen LogP contribution < -0.4 is 0 Å². The summed E-state index contributed by atoms with van der Waals surface area (Å²) in [5, 5.41) is 4.63. The molecule has 1 aromatic rings. The fraction of sp³-hybridized carbons (Fsp3) is 0.765. The van der Waals surface area contributed by atoms with Gasteiger partial charge in [0.15, 0.2) is 5.72 Å². The van der Waals surface area contributed by atoms with Crippen molar-refractivity contribution in [3.05, 3.63) is 17.0 Å². The van der Waals surface area contributed by atoms with Crippen LogP contribution in [-0.4, -0.2) is 57.0 Å². The zero-order chi connectivity index (χ0) is 16.2. The summed E-state index contributed by atoms with van der Waals surface area (Å²) in [4.78, 5) is 16.9. The van der Waals surface area contributed by atoms with Crippen LogP contribution >= 0.6 is 0 Å². The SMILES string of the molecule is CCn1nc(C)c(CN2CC[C@@]34OCCCN3C(=O)C[C@@H]24)c1C. The van der Waals surface area contributed by atoms with Crippen LogP contribution in [0.3, 0.4) is 0 Å². The van der Waals surface area contributed by atoms with Crippen LogP contribution in [0.4, 0.5) is 0 Å². The van der Waals surface area contributed by atoms with E-state index in [4.69, 9.17) is 4.74 Å². The molecule has 3 saturated heterocycles. The van der Waals surface area contributed by atoms with Gasteiger partial charge in [-0.05, 0) is 27.2 Å². The molecule has 0 aromatic carbocycles. The van der Waals surface area contributed by atoms with E-state index in [1.165, 1.54) is 11.3 Å². The van der Waals surface area contributed by atoms with Crippen LogP contribution in [0, 0.1) is 13.8 Å². The third-order valence-corrected chi connectivity index (χ3v) is 5.91. The van der Waals surface area contributed by atoms with Gasteiger partial charge in [-0.15, -0.1) is 0 Å². The van der Waals surface area contributed by atoms with E-state index < -0.39 is 0 Å². The summed E-state index contributed by atoms with van der Waals surface area (Å²) in [6.07, 6.45) is 2.49. The largest absolute Gasteiger partial charge is 0.354 e. The molecule has 2 atom stereocenters. The molecule has 6 heteroatoms. The van der Waals surface area contributed by atoms with E-state index in [0.29, 0.717) is 6.42 Å². The molecule has 3 fully saturated rings. The van der Waals surface area contributed by atoms with Gasteiger partial charge in [0.2, 0.25) is 5.91 Å². The number of aryl methyl sites for hydroxylation is 2. The number of aromatic nitrogens is 2. The van der Waals surface area contributed by atoms with Crippen molar-refractivity contribution in [2.24, 2.45) is 0 Å². The Morgan fingerprint density at radius 2 is 2.17 bits per heavy atom. The molecule has 4 rings (SSSR count). The molecule has 0 radical (unpaired) electrons. The minimum Gasteiger partial charge on any atom is -0.354 e. The number of rotatable bonds is 3. The summed E-state index contributed by atoms with van der Waals surface area (Å²) in [6.45, 7) is 10.7. The minimum atomic E-state index is -0.349. The lowest BCUT2D eigenvalue weighted by molar-refractivity contribution is -0.180. The highest BCUT2D eigenvalue weighted by atomic mass is 16.5. The highest BCUT2D eigenvalue weighted by Gasteiger charge is 2.60. The molecule has 3 aliphatic rings. The summed E-state index contributed by atoms with van der Waals surface area (Å²) < 4.78 is 8.25. The van der Waals surface area contributed by atoms with Crippen molar-refractivity contribution >= 4 is 5.91 Å². The predicted molar refractivity (Wildman–Crippen MR) is 85.8 cm³/mol. The highest BCUT2D eigenvalue weighted by molar-refractivity contribution is 5.81. The smallest absolute Gasteiger partial charge is 0.226 e. The molecule has 0 saturated carbocycles. The Bertz CT molecular complexity index is 641. The van der Waals surface area contributed by atoms with E-state index in [1.807, 2.05) is 4.90 Å². The molecule has 1 amide bonds. The maximum Gasteiger partial charge on any atom is 0.226 e. The van der Waals surface area contributed by atoms with Gasteiger partial charge in [-0.1, -0.05) is 0 Å². The van der Waals surface area contributed by atoms with Crippen LogP contribution in [0.1, 0.15) is 43.1 Å². The average Bonchev–Trinajstić information content (AvgIpc) is 3.12. The Balaban J connectivity index is 1.60. The number of carbonyl (C=O) groups is 1. The van der Waals surface area contributed by atoms with E-state index in [9.17, 15) is 4.79 Å². The van der Waals surface area contributed by atoms with E-state index in [0.717, 1.165) is 51.3 Å². The van der Waals surface area contributed by atoms with Gasteiger partial charge in [-0.3, -0.25) is 14.4 Å². The molecule has 0 bridgehead atoms. The maximum absolute atomic E-state index is 12.4. The number of ether oxygens (including phenoxy) is 1. The topological polar surface area (TPSA) is 50.6 Å².